The molecule has 0 unspecified atom stereocenters. The molecule has 0 saturated carbocycles. The van der Waals surface area contributed by atoms with Gasteiger partial charge in [-0.1, -0.05) is 24.3 Å². The van der Waals surface area contributed by atoms with E-state index < -0.39 is 0 Å². The van der Waals surface area contributed by atoms with Crippen molar-refractivity contribution in [1.29, 1.82) is 0 Å². The Balaban J connectivity index is 1.56. The van der Waals surface area contributed by atoms with Crippen LogP contribution in [0.25, 0.3) is 0 Å². The first-order chi connectivity index (χ1) is 11.1. The van der Waals surface area contributed by atoms with Crippen LogP contribution in [0.1, 0.15) is 17.5 Å². The normalized spacial score (nSPS) is 10.5. The van der Waals surface area contributed by atoms with Gasteiger partial charge in [0.25, 0.3) is 0 Å². The molecule has 0 aliphatic rings. The van der Waals surface area contributed by atoms with E-state index in [2.05, 4.69) is 10.6 Å². The predicted molar refractivity (Wildman–Crippen MR) is 85.8 cm³/mol. The minimum absolute atomic E-state index is 0.0522. The summed E-state index contributed by atoms with van der Waals surface area (Å²) in [7, 11) is 0. The third kappa shape index (κ3) is 6.57. The van der Waals surface area contributed by atoms with E-state index in [9.17, 15) is 13.6 Å². The van der Waals surface area contributed by atoms with E-state index in [1.807, 2.05) is 0 Å². The summed E-state index contributed by atoms with van der Waals surface area (Å²) in [4.78, 5) is 11.7. The van der Waals surface area contributed by atoms with E-state index in [-0.39, 0.29) is 17.5 Å². The molecule has 0 fully saturated rings. The molecule has 0 aromatic heterocycles. The number of carbonyl (C=O) groups is 1. The molecule has 0 spiro atoms. The third-order valence-corrected chi connectivity index (χ3v) is 3.44. The van der Waals surface area contributed by atoms with Crippen molar-refractivity contribution in [1.82, 2.24) is 10.6 Å². The quantitative estimate of drug-likeness (QED) is 0.735. The zero-order chi connectivity index (χ0) is 16.5. The van der Waals surface area contributed by atoms with Crippen molar-refractivity contribution in [3.05, 3.63) is 71.3 Å². The Hall–Kier alpha value is -2.27. The minimum Gasteiger partial charge on any atom is -0.352 e. The van der Waals surface area contributed by atoms with E-state index in [4.69, 9.17) is 0 Å². The van der Waals surface area contributed by atoms with Gasteiger partial charge in [0.05, 0.1) is 0 Å². The van der Waals surface area contributed by atoms with E-state index in [1.165, 1.54) is 24.3 Å². The van der Waals surface area contributed by atoms with Crippen LogP contribution in [0.4, 0.5) is 8.78 Å². The molecule has 0 saturated heterocycles. The predicted octanol–water partition coefficient (Wildman–Crippen LogP) is 2.80. The van der Waals surface area contributed by atoms with Crippen molar-refractivity contribution >= 4 is 5.91 Å². The summed E-state index contributed by atoms with van der Waals surface area (Å²) in [6, 6.07) is 12.4. The summed E-state index contributed by atoms with van der Waals surface area (Å²) < 4.78 is 25.5. The molecule has 2 aromatic carbocycles. The summed E-state index contributed by atoms with van der Waals surface area (Å²) in [5.74, 6) is -0.575. The highest BCUT2D eigenvalue weighted by molar-refractivity contribution is 5.76. The van der Waals surface area contributed by atoms with Crippen molar-refractivity contribution in [2.75, 3.05) is 13.1 Å². The minimum atomic E-state index is -0.287. The van der Waals surface area contributed by atoms with Gasteiger partial charge in [0, 0.05) is 19.5 Å². The lowest BCUT2D eigenvalue weighted by atomic mass is 10.1. The number of nitrogens with one attached hydrogen (secondary N) is 2. The number of hydrogen-bond acceptors (Lipinski definition) is 2. The van der Waals surface area contributed by atoms with Crippen molar-refractivity contribution in [3.63, 3.8) is 0 Å². The molecule has 0 atom stereocenters. The summed E-state index contributed by atoms with van der Waals surface area (Å²) in [5, 5.41) is 5.97. The Labute approximate surface area is 134 Å². The van der Waals surface area contributed by atoms with Gasteiger partial charge in [-0.15, -0.1) is 0 Å². The summed E-state index contributed by atoms with van der Waals surface area (Å²) >= 11 is 0. The van der Waals surface area contributed by atoms with Gasteiger partial charge >= 0.3 is 0 Å². The van der Waals surface area contributed by atoms with Crippen LogP contribution in [0.3, 0.4) is 0 Å². The van der Waals surface area contributed by atoms with Crippen LogP contribution in [0, 0.1) is 11.6 Å². The van der Waals surface area contributed by atoms with Gasteiger partial charge in [-0.25, -0.2) is 8.78 Å². The van der Waals surface area contributed by atoms with Crippen LogP contribution in [0.2, 0.25) is 0 Å². The molecule has 122 valence electrons. The smallest absolute Gasteiger partial charge is 0.221 e. The summed E-state index contributed by atoms with van der Waals surface area (Å²) in [6.45, 7) is 1.71. The zero-order valence-corrected chi connectivity index (χ0v) is 12.8. The van der Waals surface area contributed by atoms with Crippen LogP contribution in [0.15, 0.2) is 48.5 Å². The van der Waals surface area contributed by atoms with E-state index >= 15 is 0 Å². The Bertz CT molecular complexity index is 612. The molecule has 1 amide bonds. The highest BCUT2D eigenvalue weighted by atomic mass is 19.1. The first-order valence-corrected chi connectivity index (χ1v) is 7.60. The van der Waals surface area contributed by atoms with Gasteiger partial charge in [0.1, 0.15) is 11.6 Å². The number of benzene rings is 2. The molecule has 3 nitrogen and oxygen atoms in total. The molecule has 0 radical (unpaired) electrons. The van der Waals surface area contributed by atoms with Gasteiger partial charge in [0.2, 0.25) is 5.91 Å². The number of amides is 1. The maximum absolute atomic E-state index is 12.8. The molecule has 0 aliphatic carbocycles. The first kappa shape index (κ1) is 17.1. The van der Waals surface area contributed by atoms with Crippen molar-refractivity contribution < 1.29 is 13.6 Å². The maximum Gasteiger partial charge on any atom is 0.221 e. The van der Waals surface area contributed by atoms with Crippen LogP contribution in [-0.4, -0.2) is 19.0 Å². The molecule has 0 heterocycles. The fraction of sp³-hybridized carbons (Fsp3) is 0.278. The van der Waals surface area contributed by atoms with Gasteiger partial charge in [-0.3, -0.25) is 4.79 Å². The number of halogens is 2. The van der Waals surface area contributed by atoms with Crippen molar-refractivity contribution in [3.8, 4) is 0 Å². The molecule has 2 N–H and O–H groups in total. The molecule has 0 bridgehead atoms. The summed E-state index contributed by atoms with van der Waals surface area (Å²) in [6.07, 6.45) is 1.17. The number of rotatable bonds is 8. The molecular formula is C18H20F2N2O. The van der Waals surface area contributed by atoms with Crippen molar-refractivity contribution in [2.24, 2.45) is 0 Å². The lowest BCUT2D eigenvalue weighted by Crippen LogP contribution is -2.28. The largest absolute Gasteiger partial charge is 0.352 e. The highest BCUT2D eigenvalue weighted by Crippen LogP contribution is 2.03. The maximum atomic E-state index is 12.8. The number of carbonyl (C=O) groups excluding carboxylic acids is 1. The standard InChI is InChI=1S/C18H20F2N2O/c19-16-5-1-14(2-6-16)9-11-21-12-10-18(23)22-13-15-3-7-17(20)8-4-15/h1-8,21H,9-13H2,(H,22,23). The molecule has 0 aliphatic heterocycles. The van der Waals surface area contributed by atoms with Gasteiger partial charge in [0.15, 0.2) is 0 Å². The van der Waals surface area contributed by atoms with Gasteiger partial charge in [-0.05, 0) is 48.4 Å². The molecule has 2 rings (SSSR count). The zero-order valence-electron chi connectivity index (χ0n) is 12.8. The Morgan fingerprint density at radius 2 is 1.39 bits per heavy atom. The SMILES string of the molecule is O=C(CCNCCc1ccc(F)cc1)NCc1ccc(F)cc1. The Morgan fingerprint density at radius 3 is 2.00 bits per heavy atom. The molecule has 5 heteroatoms. The average molecular weight is 318 g/mol. The fourth-order valence-electron chi connectivity index (χ4n) is 2.10. The molecule has 2 aromatic rings. The van der Waals surface area contributed by atoms with Crippen LogP contribution in [0.5, 0.6) is 0 Å². The van der Waals surface area contributed by atoms with E-state index in [1.54, 1.807) is 24.3 Å². The van der Waals surface area contributed by atoms with E-state index in [0.717, 1.165) is 24.1 Å². The molecule has 23 heavy (non-hydrogen) atoms. The van der Waals surface area contributed by atoms with Crippen LogP contribution in [-0.2, 0) is 17.8 Å². The second-order valence-electron chi connectivity index (χ2n) is 5.28. The number of hydrogen-bond donors (Lipinski definition) is 2. The Kier molecular flexibility index (Phi) is 6.69. The second-order valence-corrected chi connectivity index (χ2v) is 5.28. The topological polar surface area (TPSA) is 41.1 Å². The second kappa shape index (κ2) is 9.00. The first-order valence-electron chi connectivity index (χ1n) is 7.60. The van der Waals surface area contributed by atoms with Crippen molar-refractivity contribution in [2.45, 2.75) is 19.4 Å². The Morgan fingerprint density at radius 1 is 0.826 bits per heavy atom. The monoisotopic (exact) mass is 318 g/mol. The third-order valence-electron chi connectivity index (χ3n) is 3.44. The van der Waals surface area contributed by atoms with Gasteiger partial charge < -0.3 is 10.6 Å². The van der Waals surface area contributed by atoms with Crippen LogP contribution < -0.4 is 10.6 Å². The summed E-state index contributed by atoms with van der Waals surface area (Å²) in [5.41, 5.74) is 1.92. The highest BCUT2D eigenvalue weighted by Gasteiger charge is 2.01. The lowest BCUT2D eigenvalue weighted by Gasteiger charge is -2.07. The van der Waals surface area contributed by atoms with Gasteiger partial charge in [-0.2, -0.15) is 0 Å². The lowest BCUT2D eigenvalue weighted by molar-refractivity contribution is -0.121. The average Bonchev–Trinajstić information content (AvgIpc) is 2.56. The van der Waals surface area contributed by atoms with Crippen LogP contribution >= 0.6 is 0 Å². The molecular weight excluding hydrogens is 298 g/mol. The fourth-order valence-corrected chi connectivity index (χ4v) is 2.10. The van der Waals surface area contributed by atoms with E-state index in [0.29, 0.717) is 19.5 Å².